The minimum absolute atomic E-state index is 0.191. The number of rotatable bonds is 2. The highest BCUT2D eigenvalue weighted by Gasteiger charge is 2.71. The topological polar surface area (TPSA) is 46.5 Å². The Morgan fingerprint density at radius 3 is 2.30 bits per heavy atom. The molecule has 3 nitrogen and oxygen atoms in total. The quantitative estimate of drug-likeness (QED) is 0.251. The average Bonchev–Trinajstić information content (AvgIpc) is 3.12. The Bertz CT molecular complexity index is 930. The van der Waals surface area contributed by atoms with Crippen LogP contribution in [0, 0.1) is 51.2 Å². The lowest BCUT2D eigenvalue weighted by Crippen LogP contribution is -2.66. The molecule has 3 heteroatoms. The summed E-state index contributed by atoms with van der Waals surface area (Å²) in [7, 11) is 0. The van der Waals surface area contributed by atoms with Crippen molar-refractivity contribution in [2.75, 3.05) is 0 Å². The summed E-state index contributed by atoms with van der Waals surface area (Å²) in [5, 5.41) is 0. The van der Waals surface area contributed by atoms with Gasteiger partial charge in [-0.25, -0.2) is 4.79 Å². The zero-order valence-electron chi connectivity index (χ0n) is 21.9. The summed E-state index contributed by atoms with van der Waals surface area (Å²) < 4.78 is 0. The Hall–Kier alpha value is -1.21. The largest absolute Gasteiger partial charge is 0.299 e. The molecule has 3 unspecified atom stereocenters. The number of ketones is 1. The summed E-state index contributed by atoms with van der Waals surface area (Å²) in [6, 6.07) is 0. The summed E-state index contributed by atoms with van der Waals surface area (Å²) in [6.45, 7) is 18.8. The van der Waals surface area contributed by atoms with Crippen LogP contribution in [0.25, 0.3) is 0 Å². The number of aliphatic imine (C=N–C) groups is 1. The number of Topliss-reactive ketones (excluding diaryl/α,β-unsaturated/α-hetero) is 1. The van der Waals surface area contributed by atoms with Gasteiger partial charge in [0.05, 0.1) is 5.54 Å². The molecule has 182 valence electrons. The molecule has 0 amide bonds. The Kier molecular flexibility index (Phi) is 5.10. The van der Waals surface area contributed by atoms with E-state index < -0.39 is 0 Å². The van der Waals surface area contributed by atoms with E-state index in [0.717, 1.165) is 32.1 Å². The van der Waals surface area contributed by atoms with Crippen molar-refractivity contribution in [1.82, 2.24) is 0 Å². The van der Waals surface area contributed by atoms with E-state index in [0.29, 0.717) is 35.4 Å². The van der Waals surface area contributed by atoms with E-state index in [-0.39, 0.29) is 27.2 Å². The van der Waals surface area contributed by atoms with Gasteiger partial charge < -0.3 is 0 Å². The van der Waals surface area contributed by atoms with Gasteiger partial charge in [-0.2, -0.15) is 4.99 Å². The third kappa shape index (κ3) is 2.78. The molecule has 5 saturated carbocycles. The molecular formula is C30H45NO2. The summed E-state index contributed by atoms with van der Waals surface area (Å²) in [5.41, 5.74) is 1.65. The number of nitrogens with zero attached hydrogens (tertiary/aromatic N) is 1. The van der Waals surface area contributed by atoms with Crippen molar-refractivity contribution in [3.63, 3.8) is 0 Å². The molecule has 5 aliphatic carbocycles. The van der Waals surface area contributed by atoms with Crippen LogP contribution in [-0.2, 0) is 9.59 Å². The summed E-state index contributed by atoms with van der Waals surface area (Å²) in [4.78, 5) is 29.1. The van der Waals surface area contributed by atoms with Gasteiger partial charge in [0.15, 0.2) is 0 Å². The zero-order valence-corrected chi connectivity index (χ0v) is 21.9. The van der Waals surface area contributed by atoms with Crippen molar-refractivity contribution in [2.45, 2.75) is 111 Å². The molecule has 0 spiro atoms. The second kappa shape index (κ2) is 7.16. The van der Waals surface area contributed by atoms with Crippen molar-refractivity contribution in [3.8, 4) is 0 Å². The van der Waals surface area contributed by atoms with E-state index >= 15 is 0 Å². The number of carbonyl (C=O) groups excluding carboxylic acids is 2. The molecule has 0 bridgehead atoms. The monoisotopic (exact) mass is 451 g/mol. The molecule has 5 fully saturated rings. The zero-order chi connectivity index (χ0) is 24.0. The van der Waals surface area contributed by atoms with Crippen LogP contribution >= 0.6 is 0 Å². The molecule has 33 heavy (non-hydrogen) atoms. The van der Waals surface area contributed by atoms with Crippen LogP contribution in [0.5, 0.6) is 0 Å². The number of allylic oxidation sites excluding steroid dienone is 1. The molecule has 0 radical (unpaired) electrons. The molecule has 5 rings (SSSR count). The van der Waals surface area contributed by atoms with Crippen LogP contribution < -0.4 is 0 Å². The van der Waals surface area contributed by atoms with Crippen LogP contribution in [0.15, 0.2) is 17.1 Å². The Balaban J connectivity index is 1.57. The van der Waals surface area contributed by atoms with Crippen LogP contribution in [0.1, 0.15) is 106 Å². The highest BCUT2D eigenvalue weighted by Crippen LogP contribution is 2.76. The van der Waals surface area contributed by atoms with Crippen molar-refractivity contribution in [2.24, 2.45) is 56.2 Å². The van der Waals surface area contributed by atoms with Gasteiger partial charge >= 0.3 is 0 Å². The second-order valence-electron chi connectivity index (χ2n) is 14.1. The first-order valence-corrected chi connectivity index (χ1v) is 13.7. The lowest BCUT2D eigenvalue weighted by Gasteiger charge is -2.72. The average molecular weight is 452 g/mol. The van der Waals surface area contributed by atoms with Crippen molar-refractivity contribution < 1.29 is 9.59 Å². The third-order valence-corrected chi connectivity index (χ3v) is 13.0. The van der Waals surface area contributed by atoms with Gasteiger partial charge in [0.25, 0.3) is 0 Å². The fourth-order valence-electron chi connectivity index (χ4n) is 11.2. The lowest BCUT2D eigenvalue weighted by atomic mass is 9.32. The Morgan fingerprint density at radius 1 is 0.909 bits per heavy atom. The number of fused-ring (bicyclic) bond motifs is 7. The van der Waals surface area contributed by atoms with E-state index in [1.54, 1.807) is 0 Å². The van der Waals surface area contributed by atoms with E-state index in [1.807, 2.05) is 6.08 Å². The highest BCUT2D eigenvalue weighted by atomic mass is 16.1. The minimum Gasteiger partial charge on any atom is -0.299 e. The molecule has 0 aromatic carbocycles. The van der Waals surface area contributed by atoms with Gasteiger partial charge in [-0.3, -0.25) is 4.79 Å². The van der Waals surface area contributed by atoms with Gasteiger partial charge in [0.2, 0.25) is 6.08 Å². The number of isocyanates is 1. The van der Waals surface area contributed by atoms with Gasteiger partial charge in [0.1, 0.15) is 5.78 Å². The molecule has 0 aromatic rings. The molecule has 0 aliphatic heterocycles. The fourth-order valence-corrected chi connectivity index (χ4v) is 11.2. The van der Waals surface area contributed by atoms with Gasteiger partial charge in [-0.1, -0.05) is 46.8 Å². The van der Waals surface area contributed by atoms with E-state index in [9.17, 15) is 9.59 Å². The Labute approximate surface area is 201 Å². The van der Waals surface area contributed by atoms with Crippen LogP contribution in [-0.4, -0.2) is 17.4 Å². The van der Waals surface area contributed by atoms with Gasteiger partial charge in [0, 0.05) is 11.8 Å². The van der Waals surface area contributed by atoms with E-state index in [1.165, 1.54) is 37.7 Å². The predicted octanol–water partition coefficient (Wildman–Crippen LogP) is 7.30. The second-order valence-corrected chi connectivity index (χ2v) is 14.1. The number of carbonyl (C=O) groups is 1. The number of hydrogen-bond donors (Lipinski definition) is 0. The summed E-state index contributed by atoms with van der Waals surface area (Å²) in [5.74, 6) is 3.16. The third-order valence-electron chi connectivity index (χ3n) is 13.0. The molecule has 0 saturated heterocycles. The van der Waals surface area contributed by atoms with Crippen LogP contribution in [0.2, 0.25) is 0 Å². The highest BCUT2D eigenvalue weighted by molar-refractivity contribution is 5.85. The first kappa shape index (κ1) is 23.5. The first-order valence-electron chi connectivity index (χ1n) is 13.7. The Morgan fingerprint density at radius 2 is 1.64 bits per heavy atom. The molecule has 0 N–H and O–H groups in total. The fraction of sp³-hybridized carbons (Fsp3) is 0.867. The normalized spacial score (nSPS) is 52.5. The van der Waals surface area contributed by atoms with Crippen molar-refractivity contribution in [3.05, 3.63) is 12.2 Å². The summed E-state index contributed by atoms with van der Waals surface area (Å²) >= 11 is 0. The summed E-state index contributed by atoms with van der Waals surface area (Å²) in [6.07, 6.45) is 13.1. The van der Waals surface area contributed by atoms with Crippen LogP contribution in [0.3, 0.4) is 0 Å². The molecule has 0 aromatic heterocycles. The van der Waals surface area contributed by atoms with Gasteiger partial charge in [-0.15, -0.1) is 0 Å². The maximum Gasteiger partial charge on any atom is 0.235 e. The maximum absolute atomic E-state index is 12.9. The van der Waals surface area contributed by atoms with Crippen LogP contribution in [0.4, 0.5) is 0 Å². The smallest absolute Gasteiger partial charge is 0.235 e. The molecule has 0 heterocycles. The predicted molar refractivity (Wildman–Crippen MR) is 132 cm³/mol. The van der Waals surface area contributed by atoms with Crippen molar-refractivity contribution >= 4 is 11.9 Å². The molecular weight excluding hydrogens is 406 g/mol. The maximum atomic E-state index is 12.9. The molecule has 5 aliphatic rings. The van der Waals surface area contributed by atoms with E-state index in [4.69, 9.17) is 0 Å². The van der Waals surface area contributed by atoms with E-state index in [2.05, 4.69) is 53.1 Å². The molecule has 9 atom stereocenters. The SMILES string of the molecule is C=C(C)[C@@H]1CCC2(N=C=O)CC[C@]3(C)[C@H](CC[C@@H]4[C@@]5(C)CCC(=O)C(C)(C)C5CC[C@]43C)C12. The van der Waals surface area contributed by atoms with Crippen molar-refractivity contribution in [1.29, 1.82) is 0 Å². The first-order chi connectivity index (χ1) is 15.4. The lowest BCUT2D eigenvalue weighted by molar-refractivity contribution is -0.227. The standard InChI is InChI=1S/C30H45NO2/c1-19(2)20-10-15-30(31-18-32)17-16-28(6)21(25(20)30)8-9-23-27(5)13-12-24(33)26(3,4)22(27)11-14-29(23,28)7/h20-23,25H,1,8-17H2,2-7H3/t20-,21+,22?,23+,25?,27-,28+,29+,30?/m0/s1. The van der Waals surface area contributed by atoms with Gasteiger partial charge in [-0.05, 0) is 111 Å². The number of hydrogen-bond acceptors (Lipinski definition) is 3. The minimum atomic E-state index is -0.209.